The average molecular weight is 224 g/mol. The molecule has 0 saturated heterocycles. The summed E-state index contributed by atoms with van der Waals surface area (Å²) in [6.07, 6.45) is 1.55. The second-order valence-electron chi connectivity index (χ2n) is 3.50. The topological polar surface area (TPSA) is 37.3 Å². The molecule has 1 N–H and O–H groups in total. The van der Waals surface area contributed by atoms with Gasteiger partial charge in [0.1, 0.15) is 0 Å². The Hall–Kier alpha value is -0.930. The van der Waals surface area contributed by atoms with Crippen LogP contribution in [-0.4, -0.2) is 21.2 Å². The smallest absolute Gasteiger partial charge is 0.0693 e. The summed E-state index contributed by atoms with van der Waals surface area (Å²) in [5.74, 6) is 0.273. The molecule has 2 nitrogen and oxygen atoms in total. The molecule has 0 bridgehead atoms. The number of aliphatic hydroxyl groups is 1. The van der Waals surface area contributed by atoms with Gasteiger partial charge in [0.2, 0.25) is 0 Å². The lowest BCUT2D eigenvalue weighted by Gasteiger charge is -2.07. The molecular formula is C12H16O2S. The Balaban J connectivity index is 2.61. The highest BCUT2D eigenvalue weighted by molar-refractivity contribution is 7.85. The zero-order valence-electron chi connectivity index (χ0n) is 8.85. The number of hydrogen-bond acceptors (Lipinski definition) is 2. The van der Waals surface area contributed by atoms with Gasteiger partial charge in [-0.15, -0.1) is 6.58 Å². The van der Waals surface area contributed by atoms with E-state index in [0.29, 0.717) is 6.42 Å². The lowest BCUT2D eigenvalue weighted by Crippen LogP contribution is -2.15. The number of rotatable bonds is 5. The molecular weight excluding hydrogens is 208 g/mol. The van der Waals surface area contributed by atoms with Crippen LogP contribution in [0.25, 0.3) is 0 Å². The number of benzene rings is 1. The fraction of sp³-hybridized carbons (Fsp3) is 0.333. The fourth-order valence-corrected chi connectivity index (χ4v) is 2.34. The van der Waals surface area contributed by atoms with Crippen LogP contribution in [0, 0.1) is 6.92 Å². The molecule has 82 valence electrons. The van der Waals surface area contributed by atoms with Crippen LogP contribution < -0.4 is 0 Å². The number of aliphatic hydroxyl groups excluding tert-OH is 1. The van der Waals surface area contributed by atoms with Crippen molar-refractivity contribution in [1.82, 2.24) is 0 Å². The van der Waals surface area contributed by atoms with Crippen molar-refractivity contribution in [1.29, 1.82) is 0 Å². The number of hydrogen-bond donors (Lipinski definition) is 1. The summed E-state index contributed by atoms with van der Waals surface area (Å²) in [6.45, 7) is 5.52. The first-order valence-electron chi connectivity index (χ1n) is 4.87. The molecule has 0 spiro atoms. The van der Waals surface area contributed by atoms with E-state index < -0.39 is 16.9 Å². The van der Waals surface area contributed by atoms with E-state index >= 15 is 0 Å². The third kappa shape index (κ3) is 3.98. The van der Waals surface area contributed by atoms with E-state index in [4.69, 9.17) is 0 Å². The maximum Gasteiger partial charge on any atom is 0.0693 e. The molecule has 0 fully saturated rings. The van der Waals surface area contributed by atoms with Crippen molar-refractivity contribution in [2.45, 2.75) is 24.3 Å². The summed E-state index contributed by atoms with van der Waals surface area (Å²) in [7, 11) is -1.12. The molecule has 1 aromatic rings. The Labute approximate surface area is 93.1 Å². The molecule has 3 heteroatoms. The van der Waals surface area contributed by atoms with Gasteiger partial charge in [0, 0.05) is 4.90 Å². The lowest BCUT2D eigenvalue weighted by atomic mass is 10.2. The van der Waals surface area contributed by atoms with Crippen LogP contribution in [0.3, 0.4) is 0 Å². The first-order chi connectivity index (χ1) is 7.13. The Kier molecular flexibility index (Phi) is 4.72. The van der Waals surface area contributed by atoms with Crippen LogP contribution in [0.4, 0.5) is 0 Å². The second-order valence-corrected chi connectivity index (χ2v) is 5.00. The molecule has 2 atom stereocenters. The van der Waals surface area contributed by atoms with Gasteiger partial charge >= 0.3 is 0 Å². The average Bonchev–Trinajstić information content (AvgIpc) is 2.18. The van der Waals surface area contributed by atoms with Crippen molar-refractivity contribution in [2.24, 2.45) is 0 Å². The molecule has 1 unspecified atom stereocenters. The molecule has 0 saturated carbocycles. The minimum Gasteiger partial charge on any atom is -0.392 e. The molecule has 0 aliphatic carbocycles. The van der Waals surface area contributed by atoms with Crippen LogP contribution >= 0.6 is 0 Å². The van der Waals surface area contributed by atoms with Crippen molar-refractivity contribution >= 4 is 10.8 Å². The molecule has 1 rings (SSSR count). The maximum atomic E-state index is 11.8. The van der Waals surface area contributed by atoms with Gasteiger partial charge < -0.3 is 5.11 Å². The zero-order valence-corrected chi connectivity index (χ0v) is 9.67. The van der Waals surface area contributed by atoms with Gasteiger partial charge in [-0.2, -0.15) is 0 Å². The highest BCUT2D eigenvalue weighted by atomic mass is 32.2. The first kappa shape index (κ1) is 12.1. The summed E-state index contributed by atoms with van der Waals surface area (Å²) in [5.41, 5.74) is 1.14. The van der Waals surface area contributed by atoms with Crippen molar-refractivity contribution in [3.05, 3.63) is 42.5 Å². The monoisotopic (exact) mass is 224 g/mol. The van der Waals surface area contributed by atoms with E-state index in [1.807, 2.05) is 31.2 Å². The zero-order chi connectivity index (χ0) is 11.3. The summed E-state index contributed by atoms with van der Waals surface area (Å²) < 4.78 is 11.8. The minimum absolute atomic E-state index is 0.273. The standard InChI is InChI=1S/C12H16O2S/c1-3-4-11(13)9-15(14)12-7-5-10(2)6-8-12/h3,5-8,11,13H,1,4,9H2,2H3/t11-,15?/m1/s1. The third-order valence-corrected chi connectivity index (χ3v) is 3.55. The predicted molar refractivity (Wildman–Crippen MR) is 63.3 cm³/mol. The van der Waals surface area contributed by atoms with Crippen LogP contribution in [0.2, 0.25) is 0 Å². The molecule has 0 aliphatic rings. The van der Waals surface area contributed by atoms with Gasteiger partial charge in [0.25, 0.3) is 0 Å². The van der Waals surface area contributed by atoms with Gasteiger partial charge in [0.15, 0.2) is 0 Å². The van der Waals surface area contributed by atoms with Gasteiger partial charge in [-0.05, 0) is 25.5 Å². The second kappa shape index (κ2) is 5.83. The molecule has 0 amide bonds. The third-order valence-electron chi connectivity index (χ3n) is 2.07. The molecule has 15 heavy (non-hydrogen) atoms. The maximum absolute atomic E-state index is 11.8. The first-order valence-corrected chi connectivity index (χ1v) is 6.19. The van der Waals surface area contributed by atoms with E-state index in [9.17, 15) is 9.32 Å². The Morgan fingerprint density at radius 3 is 2.60 bits per heavy atom. The van der Waals surface area contributed by atoms with E-state index in [1.54, 1.807) is 6.08 Å². The predicted octanol–water partition coefficient (Wildman–Crippen LogP) is 2.04. The molecule has 1 aromatic carbocycles. The SMILES string of the molecule is C=CC[C@@H](O)CS(=O)c1ccc(C)cc1. The number of aryl methyl sites for hydroxylation is 1. The van der Waals surface area contributed by atoms with Crippen LogP contribution in [0.15, 0.2) is 41.8 Å². The molecule has 0 aliphatic heterocycles. The van der Waals surface area contributed by atoms with Crippen LogP contribution in [0.5, 0.6) is 0 Å². The Bertz CT molecular complexity index is 343. The van der Waals surface area contributed by atoms with Gasteiger partial charge in [-0.3, -0.25) is 4.21 Å². The van der Waals surface area contributed by atoms with Gasteiger partial charge in [-0.1, -0.05) is 23.8 Å². The van der Waals surface area contributed by atoms with E-state index in [-0.39, 0.29) is 5.75 Å². The minimum atomic E-state index is -1.12. The highest BCUT2D eigenvalue weighted by Crippen LogP contribution is 2.10. The van der Waals surface area contributed by atoms with E-state index in [0.717, 1.165) is 10.5 Å². The molecule has 0 aromatic heterocycles. The lowest BCUT2D eigenvalue weighted by molar-refractivity contribution is 0.202. The summed E-state index contributed by atoms with van der Waals surface area (Å²) in [4.78, 5) is 0.767. The molecule has 0 radical (unpaired) electrons. The van der Waals surface area contributed by atoms with Gasteiger partial charge in [0.05, 0.1) is 22.7 Å². The molecule has 0 heterocycles. The quantitative estimate of drug-likeness (QED) is 0.777. The van der Waals surface area contributed by atoms with Crippen molar-refractivity contribution in [2.75, 3.05) is 5.75 Å². The highest BCUT2D eigenvalue weighted by Gasteiger charge is 2.09. The van der Waals surface area contributed by atoms with Crippen LogP contribution in [-0.2, 0) is 10.8 Å². The van der Waals surface area contributed by atoms with E-state index in [1.165, 1.54) is 0 Å². The fourth-order valence-electron chi connectivity index (χ4n) is 1.22. The van der Waals surface area contributed by atoms with Crippen molar-refractivity contribution in [3.63, 3.8) is 0 Å². The summed E-state index contributed by atoms with van der Waals surface area (Å²) in [5, 5.41) is 9.47. The van der Waals surface area contributed by atoms with Crippen molar-refractivity contribution in [3.8, 4) is 0 Å². The van der Waals surface area contributed by atoms with Gasteiger partial charge in [-0.25, -0.2) is 0 Å². The summed E-state index contributed by atoms with van der Waals surface area (Å²) in [6, 6.07) is 7.53. The Morgan fingerprint density at radius 2 is 2.07 bits per heavy atom. The summed E-state index contributed by atoms with van der Waals surface area (Å²) >= 11 is 0. The van der Waals surface area contributed by atoms with Crippen LogP contribution in [0.1, 0.15) is 12.0 Å². The van der Waals surface area contributed by atoms with E-state index in [2.05, 4.69) is 6.58 Å². The normalized spacial score (nSPS) is 14.5. The van der Waals surface area contributed by atoms with Crippen molar-refractivity contribution < 1.29 is 9.32 Å². The Morgan fingerprint density at radius 1 is 1.47 bits per heavy atom. The largest absolute Gasteiger partial charge is 0.392 e.